The lowest BCUT2D eigenvalue weighted by Gasteiger charge is -2.10. The van der Waals surface area contributed by atoms with Crippen molar-refractivity contribution in [1.29, 1.82) is 0 Å². The van der Waals surface area contributed by atoms with Crippen LogP contribution in [0, 0.1) is 0 Å². The van der Waals surface area contributed by atoms with E-state index in [9.17, 15) is 9.59 Å². The van der Waals surface area contributed by atoms with E-state index in [0.29, 0.717) is 27.7 Å². The van der Waals surface area contributed by atoms with Crippen molar-refractivity contribution in [3.63, 3.8) is 0 Å². The number of methoxy groups -OCH3 is 1. The first-order chi connectivity index (χ1) is 16.1. The van der Waals surface area contributed by atoms with Crippen LogP contribution in [0.2, 0.25) is 0 Å². The lowest BCUT2D eigenvalue weighted by Crippen LogP contribution is -2.18. The number of carbonyl (C=O) groups is 2. The van der Waals surface area contributed by atoms with Crippen molar-refractivity contribution in [3.05, 3.63) is 95.6 Å². The van der Waals surface area contributed by atoms with Gasteiger partial charge in [-0.15, -0.1) is 10.2 Å². The molecule has 2 amide bonds. The SMILES string of the molecule is COc1ccc(C(=O)Nc2ccccc2C(=O)Nc2nnc(SCc3ccccc3)s2)cc1. The maximum atomic E-state index is 12.9. The number of carbonyl (C=O) groups excluding carboxylic acids is 2. The fraction of sp³-hybridized carbons (Fsp3) is 0.0833. The van der Waals surface area contributed by atoms with Crippen molar-refractivity contribution < 1.29 is 14.3 Å². The molecule has 3 aromatic carbocycles. The maximum Gasteiger partial charge on any atom is 0.259 e. The predicted octanol–water partition coefficient (Wildman–Crippen LogP) is 5.34. The third-order valence-corrected chi connectivity index (χ3v) is 6.65. The van der Waals surface area contributed by atoms with E-state index in [1.807, 2.05) is 30.3 Å². The zero-order chi connectivity index (χ0) is 23.0. The van der Waals surface area contributed by atoms with Gasteiger partial charge in [-0.05, 0) is 42.0 Å². The Kier molecular flexibility index (Phi) is 7.33. The van der Waals surface area contributed by atoms with Crippen LogP contribution in [0.25, 0.3) is 0 Å². The smallest absolute Gasteiger partial charge is 0.259 e. The summed E-state index contributed by atoms with van der Waals surface area (Å²) in [6.07, 6.45) is 0. The summed E-state index contributed by atoms with van der Waals surface area (Å²) in [6, 6.07) is 23.6. The van der Waals surface area contributed by atoms with Gasteiger partial charge in [-0.2, -0.15) is 0 Å². The van der Waals surface area contributed by atoms with Gasteiger partial charge in [0.05, 0.1) is 18.4 Å². The minimum absolute atomic E-state index is 0.326. The number of para-hydroxylation sites is 1. The molecule has 0 saturated carbocycles. The van der Waals surface area contributed by atoms with Crippen molar-refractivity contribution in [3.8, 4) is 5.75 Å². The molecule has 0 bridgehead atoms. The predicted molar refractivity (Wildman–Crippen MR) is 131 cm³/mol. The van der Waals surface area contributed by atoms with E-state index in [0.717, 1.165) is 10.1 Å². The van der Waals surface area contributed by atoms with Gasteiger partial charge in [0.25, 0.3) is 11.8 Å². The van der Waals surface area contributed by atoms with E-state index < -0.39 is 0 Å². The molecule has 0 spiro atoms. The molecule has 9 heteroatoms. The Labute approximate surface area is 199 Å². The van der Waals surface area contributed by atoms with E-state index in [1.165, 1.54) is 16.9 Å². The summed E-state index contributed by atoms with van der Waals surface area (Å²) in [4.78, 5) is 25.5. The summed E-state index contributed by atoms with van der Waals surface area (Å²) in [6.45, 7) is 0. The van der Waals surface area contributed by atoms with Crippen LogP contribution in [0.3, 0.4) is 0 Å². The number of aromatic nitrogens is 2. The normalized spacial score (nSPS) is 10.5. The second-order valence-electron chi connectivity index (χ2n) is 6.83. The summed E-state index contributed by atoms with van der Waals surface area (Å²) in [5.74, 6) is 0.721. The molecule has 1 aromatic heterocycles. The number of thioether (sulfide) groups is 1. The van der Waals surface area contributed by atoms with Crippen molar-refractivity contribution in [2.75, 3.05) is 17.7 Å². The average molecular weight is 477 g/mol. The molecule has 0 fully saturated rings. The maximum absolute atomic E-state index is 12.9. The van der Waals surface area contributed by atoms with Crippen LogP contribution >= 0.6 is 23.1 Å². The Balaban J connectivity index is 1.40. The molecule has 4 rings (SSSR count). The van der Waals surface area contributed by atoms with Gasteiger partial charge >= 0.3 is 0 Å². The number of anilines is 2. The molecule has 2 N–H and O–H groups in total. The molecule has 0 atom stereocenters. The summed E-state index contributed by atoms with van der Waals surface area (Å²) in [7, 11) is 1.56. The van der Waals surface area contributed by atoms with Gasteiger partial charge in [-0.25, -0.2) is 0 Å². The summed E-state index contributed by atoms with van der Waals surface area (Å²) in [5, 5.41) is 14.2. The molecule has 0 aliphatic carbocycles. The van der Waals surface area contributed by atoms with Gasteiger partial charge in [-0.3, -0.25) is 14.9 Å². The van der Waals surface area contributed by atoms with Gasteiger partial charge in [0.1, 0.15) is 5.75 Å². The Hall–Kier alpha value is -3.69. The number of rotatable bonds is 8. The molecule has 0 aliphatic heterocycles. The third kappa shape index (κ3) is 5.97. The minimum atomic E-state index is -0.378. The second-order valence-corrected chi connectivity index (χ2v) is 9.03. The van der Waals surface area contributed by atoms with E-state index in [-0.39, 0.29) is 11.8 Å². The van der Waals surface area contributed by atoms with Gasteiger partial charge in [0, 0.05) is 11.3 Å². The number of nitrogens with zero attached hydrogens (tertiary/aromatic N) is 2. The van der Waals surface area contributed by atoms with E-state index in [4.69, 9.17) is 4.74 Å². The molecule has 0 saturated heterocycles. The van der Waals surface area contributed by atoms with Crippen molar-refractivity contribution >= 4 is 45.7 Å². The van der Waals surface area contributed by atoms with E-state index in [2.05, 4.69) is 20.8 Å². The summed E-state index contributed by atoms with van der Waals surface area (Å²) >= 11 is 2.86. The van der Waals surface area contributed by atoms with Crippen molar-refractivity contribution in [2.45, 2.75) is 10.1 Å². The molecule has 4 aromatic rings. The molecular weight excluding hydrogens is 456 g/mol. The van der Waals surface area contributed by atoms with Crippen molar-refractivity contribution in [1.82, 2.24) is 10.2 Å². The van der Waals surface area contributed by atoms with Gasteiger partial charge in [-0.1, -0.05) is 65.6 Å². The van der Waals surface area contributed by atoms with Crippen LogP contribution in [0.15, 0.2) is 83.2 Å². The topological polar surface area (TPSA) is 93.2 Å². The molecular formula is C24H20N4O3S2. The molecule has 33 heavy (non-hydrogen) atoms. The average Bonchev–Trinajstić information content (AvgIpc) is 3.31. The summed E-state index contributed by atoms with van der Waals surface area (Å²) in [5.41, 5.74) is 2.37. The molecule has 1 heterocycles. The van der Waals surface area contributed by atoms with Gasteiger partial charge in [0.15, 0.2) is 4.34 Å². The highest BCUT2D eigenvalue weighted by molar-refractivity contribution is 8.00. The minimum Gasteiger partial charge on any atom is -0.497 e. The Morgan fingerprint density at radius 1 is 0.879 bits per heavy atom. The molecule has 7 nitrogen and oxygen atoms in total. The number of amides is 2. The lowest BCUT2D eigenvalue weighted by molar-refractivity contribution is 0.102. The van der Waals surface area contributed by atoms with Crippen LogP contribution in [-0.2, 0) is 5.75 Å². The first-order valence-corrected chi connectivity index (χ1v) is 11.8. The standard InChI is InChI=1S/C24H20N4O3S2/c1-31-18-13-11-17(12-14-18)21(29)25-20-10-6-5-9-19(20)22(30)26-23-27-28-24(33-23)32-15-16-7-3-2-4-8-16/h2-14H,15H2,1H3,(H,25,29)(H,26,27,30). The second kappa shape index (κ2) is 10.8. The van der Waals surface area contributed by atoms with Crippen LogP contribution in [0.1, 0.15) is 26.3 Å². The van der Waals surface area contributed by atoms with Crippen LogP contribution in [0.5, 0.6) is 5.75 Å². The van der Waals surface area contributed by atoms with E-state index in [1.54, 1.807) is 67.4 Å². The lowest BCUT2D eigenvalue weighted by atomic mass is 10.1. The number of hydrogen-bond acceptors (Lipinski definition) is 7. The highest BCUT2D eigenvalue weighted by Gasteiger charge is 2.16. The third-order valence-electron chi connectivity index (χ3n) is 4.60. The monoisotopic (exact) mass is 476 g/mol. The molecule has 0 radical (unpaired) electrons. The quantitative estimate of drug-likeness (QED) is 0.263. The number of nitrogens with one attached hydrogen (secondary N) is 2. The molecule has 0 unspecified atom stereocenters. The Morgan fingerprint density at radius 2 is 1.61 bits per heavy atom. The first kappa shape index (κ1) is 22.5. The van der Waals surface area contributed by atoms with Crippen molar-refractivity contribution in [2.24, 2.45) is 0 Å². The van der Waals surface area contributed by atoms with E-state index >= 15 is 0 Å². The van der Waals surface area contributed by atoms with Crippen LogP contribution in [-0.4, -0.2) is 29.1 Å². The number of ether oxygens (including phenoxy) is 1. The number of hydrogen-bond donors (Lipinski definition) is 2. The molecule has 166 valence electrons. The highest BCUT2D eigenvalue weighted by Crippen LogP contribution is 2.29. The fourth-order valence-electron chi connectivity index (χ4n) is 2.93. The van der Waals surface area contributed by atoms with Crippen LogP contribution < -0.4 is 15.4 Å². The highest BCUT2D eigenvalue weighted by atomic mass is 32.2. The fourth-order valence-corrected chi connectivity index (χ4v) is 4.63. The molecule has 0 aliphatic rings. The van der Waals surface area contributed by atoms with Crippen LogP contribution in [0.4, 0.5) is 10.8 Å². The number of benzene rings is 3. The summed E-state index contributed by atoms with van der Waals surface area (Å²) < 4.78 is 5.88. The first-order valence-electron chi connectivity index (χ1n) is 9.98. The Morgan fingerprint density at radius 3 is 2.36 bits per heavy atom. The van der Waals surface area contributed by atoms with Gasteiger partial charge < -0.3 is 10.1 Å². The Bertz CT molecular complexity index is 1240. The zero-order valence-electron chi connectivity index (χ0n) is 17.6. The largest absolute Gasteiger partial charge is 0.497 e. The van der Waals surface area contributed by atoms with Gasteiger partial charge in [0.2, 0.25) is 5.13 Å². The zero-order valence-corrected chi connectivity index (χ0v) is 19.3.